The van der Waals surface area contributed by atoms with Crippen LogP contribution in [0.25, 0.3) is 0 Å². The molecule has 6 nitrogen and oxygen atoms in total. The number of aliphatic imine (C=N–C) groups is 1. The molecule has 0 saturated carbocycles. The minimum Gasteiger partial charge on any atom is -0.355 e. The van der Waals surface area contributed by atoms with E-state index in [4.69, 9.17) is 0 Å². The first-order valence-electron chi connectivity index (χ1n) is 10.2. The van der Waals surface area contributed by atoms with E-state index in [1.54, 1.807) is 23.5 Å². The van der Waals surface area contributed by atoms with E-state index in [9.17, 15) is 8.42 Å². The van der Waals surface area contributed by atoms with Crippen molar-refractivity contribution in [2.24, 2.45) is 4.99 Å². The molecule has 9 heteroatoms. The molecule has 3 rings (SSSR count). The van der Waals surface area contributed by atoms with Crippen molar-refractivity contribution in [1.82, 2.24) is 14.9 Å². The second kappa shape index (κ2) is 12.7. The molecule has 2 N–H and O–H groups in total. The number of nitrogens with one attached hydrogen (secondary N) is 2. The van der Waals surface area contributed by atoms with Gasteiger partial charge in [-0.1, -0.05) is 37.3 Å². The molecule has 170 valence electrons. The van der Waals surface area contributed by atoms with E-state index in [1.165, 1.54) is 4.90 Å². The molecule has 0 spiro atoms. The molecule has 0 amide bonds. The highest BCUT2D eigenvalue weighted by Gasteiger charge is 2.26. The minimum atomic E-state index is -3.36. The number of benzene rings is 2. The van der Waals surface area contributed by atoms with Crippen LogP contribution in [0.5, 0.6) is 0 Å². The quantitative estimate of drug-likeness (QED) is 0.216. The van der Waals surface area contributed by atoms with Gasteiger partial charge in [-0.05, 0) is 42.7 Å². The summed E-state index contributed by atoms with van der Waals surface area (Å²) in [6.45, 7) is 4.77. The fourth-order valence-electron chi connectivity index (χ4n) is 3.28. The van der Waals surface area contributed by atoms with Gasteiger partial charge in [-0.2, -0.15) is 4.31 Å². The summed E-state index contributed by atoms with van der Waals surface area (Å²) in [7, 11) is -1.61. The van der Waals surface area contributed by atoms with E-state index in [2.05, 4.69) is 34.7 Å². The molecule has 1 heterocycles. The van der Waals surface area contributed by atoms with Crippen LogP contribution in [-0.2, 0) is 16.6 Å². The van der Waals surface area contributed by atoms with Crippen molar-refractivity contribution < 1.29 is 8.42 Å². The molecule has 0 radical (unpaired) electrons. The number of thioether (sulfide) groups is 1. The van der Waals surface area contributed by atoms with Crippen molar-refractivity contribution in [2.45, 2.75) is 41.4 Å². The lowest BCUT2D eigenvalue weighted by Gasteiger charge is -2.17. The Labute approximate surface area is 207 Å². The second-order valence-electron chi connectivity index (χ2n) is 7.30. The van der Waals surface area contributed by atoms with Gasteiger partial charge in [0.2, 0.25) is 10.0 Å². The Bertz CT molecular complexity index is 932. The SMILES string of the molecule is CN=C(NCc1ccc(S(=O)(=O)N2CCCC2)cc1)NCC(C)Sc1ccccc1.I. The predicted molar refractivity (Wildman–Crippen MR) is 140 cm³/mol. The first-order chi connectivity index (χ1) is 14.5. The van der Waals surface area contributed by atoms with Crippen LogP contribution >= 0.6 is 35.7 Å². The summed E-state index contributed by atoms with van der Waals surface area (Å²) in [5.74, 6) is 0.726. The van der Waals surface area contributed by atoms with E-state index >= 15 is 0 Å². The molecule has 1 unspecified atom stereocenters. The highest BCUT2D eigenvalue weighted by atomic mass is 127. The summed E-state index contributed by atoms with van der Waals surface area (Å²) in [6.07, 6.45) is 1.88. The Balaban J connectivity index is 0.00000341. The fraction of sp³-hybridized carbons (Fsp3) is 0.409. The third kappa shape index (κ3) is 7.65. The number of nitrogens with zero attached hydrogens (tertiary/aromatic N) is 2. The zero-order valence-electron chi connectivity index (χ0n) is 18.0. The molecule has 1 aliphatic rings. The van der Waals surface area contributed by atoms with Gasteiger partial charge in [0.25, 0.3) is 0 Å². The molecule has 0 aliphatic carbocycles. The van der Waals surface area contributed by atoms with Crippen molar-refractivity contribution in [2.75, 3.05) is 26.7 Å². The van der Waals surface area contributed by atoms with Crippen LogP contribution in [0.1, 0.15) is 25.3 Å². The van der Waals surface area contributed by atoms with Gasteiger partial charge >= 0.3 is 0 Å². The van der Waals surface area contributed by atoms with E-state index in [-0.39, 0.29) is 24.0 Å². The van der Waals surface area contributed by atoms with E-state index in [1.807, 2.05) is 42.1 Å². The van der Waals surface area contributed by atoms with Crippen molar-refractivity contribution >= 4 is 51.7 Å². The molecule has 1 saturated heterocycles. The number of sulfonamides is 1. The Morgan fingerprint density at radius 2 is 1.71 bits per heavy atom. The van der Waals surface area contributed by atoms with Crippen LogP contribution in [0.3, 0.4) is 0 Å². The van der Waals surface area contributed by atoms with Gasteiger partial charge in [0.15, 0.2) is 5.96 Å². The third-order valence-electron chi connectivity index (χ3n) is 4.95. The van der Waals surface area contributed by atoms with Gasteiger partial charge in [0.1, 0.15) is 0 Å². The maximum atomic E-state index is 12.6. The Morgan fingerprint density at radius 3 is 2.32 bits per heavy atom. The molecule has 2 aromatic carbocycles. The third-order valence-corrected chi connectivity index (χ3v) is 7.97. The van der Waals surface area contributed by atoms with Crippen LogP contribution in [0, 0.1) is 0 Å². The number of hydrogen-bond donors (Lipinski definition) is 2. The monoisotopic (exact) mass is 574 g/mol. The van der Waals surface area contributed by atoms with Gasteiger partial charge in [0.05, 0.1) is 4.90 Å². The van der Waals surface area contributed by atoms with Gasteiger partial charge in [-0.25, -0.2) is 8.42 Å². The molecule has 1 fully saturated rings. The van der Waals surface area contributed by atoms with Crippen LogP contribution in [-0.4, -0.2) is 50.6 Å². The van der Waals surface area contributed by atoms with Crippen molar-refractivity contribution in [1.29, 1.82) is 0 Å². The Morgan fingerprint density at radius 1 is 1.06 bits per heavy atom. The summed E-state index contributed by atoms with van der Waals surface area (Å²) in [6, 6.07) is 17.4. The molecule has 2 aromatic rings. The van der Waals surface area contributed by atoms with Crippen molar-refractivity contribution in [3.63, 3.8) is 0 Å². The van der Waals surface area contributed by atoms with Gasteiger partial charge in [-0.15, -0.1) is 35.7 Å². The Kier molecular flexibility index (Phi) is 10.6. The minimum absolute atomic E-state index is 0. The Hall–Kier alpha value is -1.30. The van der Waals surface area contributed by atoms with Gasteiger partial charge in [-0.3, -0.25) is 4.99 Å². The number of halogens is 1. The number of guanidine groups is 1. The lowest BCUT2D eigenvalue weighted by molar-refractivity contribution is 0.477. The molecular weight excluding hydrogens is 543 g/mol. The first-order valence-corrected chi connectivity index (χ1v) is 12.6. The number of rotatable bonds is 8. The molecule has 31 heavy (non-hydrogen) atoms. The van der Waals surface area contributed by atoms with E-state index in [0.29, 0.717) is 29.8 Å². The highest BCUT2D eigenvalue weighted by Crippen LogP contribution is 2.22. The second-order valence-corrected chi connectivity index (χ2v) is 10.8. The fourth-order valence-corrected chi connectivity index (χ4v) is 5.74. The molecule has 0 bridgehead atoms. The average molecular weight is 575 g/mol. The predicted octanol–water partition coefficient (Wildman–Crippen LogP) is 3.93. The molecule has 1 aliphatic heterocycles. The molecule has 0 aromatic heterocycles. The summed E-state index contributed by atoms with van der Waals surface area (Å²) in [5.41, 5.74) is 1.00. The largest absolute Gasteiger partial charge is 0.355 e. The smallest absolute Gasteiger partial charge is 0.243 e. The lowest BCUT2D eigenvalue weighted by atomic mass is 10.2. The normalized spacial score (nSPS) is 15.9. The standard InChI is InChI=1S/C22H30N4O2S2.HI/c1-18(29-20-8-4-3-5-9-20)16-24-22(23-2)25-17-19-10-12-21(13-11-19)30(27,28)26-14-6-7-15-26;/h3-5,8-13,18H,6-7,14-17H2,1-2H3,(H2,23,24,25);1H. The summed E-state index contributed by atoms with van der Waals surface area (Å²) in [4.78, 5) is 5.89. The summed E-state index contributed by atoms with van der Waals surface area (Å²) >= 11 is 1.82. The topological polar surface area (TPSA) is 73.8 Å². The highest BCUT2D eigenvalue weighted by molar-refractivity contribution is 14.0. The van der Waals surface area contributed by atoms with Crippen LogP contribution < -0.4 is 10.6 Å². The number of hydrogen-bond acceptors (Lipinski definition) is 4. The maximum Gasteiger partial charge on any atom is 0.243 e. The zero-order chi connectivity index (χ0) is 21.4. The molecule has 1 atom stereocenters. The molecular formula is C22H31IN4O2S2. The summed E-state index contributed by atoms with van der Waals surface area (Å²) < 4.78 is 26.8. The van der Waals surface area contributed by atoms with E-state index in [0.717, 1.165) is 30.9 Å². The van der Waals surface area contributed by atoms with Crippen molar-refractivity contribution in [3.05, 3.63) is 60.2 Å². The van der Waals surface area contributed by atoms with Crippen molar-refractivity contribution in [3.8, 4) is 0 Å². The van der Waals surface area contributed by atoms with Crippen LogP contribution in [0.2, 0.25) is 0 Å². The van der Waals surface area contributed by atoms with Crippen LogP contribution in [0.4, 0.5) is 0 Å². The van der Waals surface area contributed by atoms with Gasteiger partial charge in [0, 0.05) is 43.4 Å². The lowest BCUT2D eigenvalue weighted by Crippen LogP contribution is -2.39. The van der Waals surface area contributed by atoms with Crippen LogP contribution in [0.15, 0.2) is 69.4 Å². The van der Waals surface area contributed by atoms with E-state index < -0.39 is 10.0 Å². The summed E-state index contributed by atoms with van der Waals surface area (Å²) in [5, 5.41) is 7.03. The average Bonchev–Trinajstić information content (AvgIpc) is 3.31. The zero-order valence-corrected chi connectivity index (χ0v) is 21.9. The maximum absolute atomic E-state index is 12.6. The van der Waals surface area contributed by atoms with Gasteiger partial charge < -0.3 is 10.6 Å². The first kappa shape index (κ1) is 26.0.